The molecule has 0 aliphatic heterocycles. The van der Waals surface area contributed by atoms with Gasteiger partial charge in [-0.15, -0.1) is 0 Å². The highest BCUT2D eigenvalue weighted by atomic mass is 16.6. The van der Waals surface area contributed by atoms with Crippen molar-refractivity contribution in [2.24, 2.45) is 0 Å². The Bertz CT molecular complexity index is 1560. The molecule has 0 amide bonds. The van der Waals surface area contributed by atoms with Crippen LogP contribution in [0.5, 0.6) is 0 Å². The Hall–Kier alpha value is -3.93. The quantitative estimate of drug-likeness (QED) is 0.0261. The van der Waals surface area contributed by atoms with Crippen LogP contribution < -0.4 is 0 Å². The maximum absolute atomic E-state index is 12.8. The lowest BCUT2D eigenvalue weighted by molar-refractivity contribution is -0.167. The second kappa shape index (κ2) is 64.6. The average Bonchev–Trinajstić information content (AvgIpc) is 3.43. The molecule has 77 heavy (non-hydrogen) atoms. The molecule has 0 aliphatic carbocycles. The lowest BCUT2D eigenvalue weighted by Crippen LogP contribution is -2.30. The number of hydrogen-bond donors (Lipinski definition) is 0. The number of ether oxygens (including phenoxy) is 3. The Kier molecular flexibility index (Phi) is 61.3. The molecule has 0 aliphatic rings. The van der Waals surface area contributed by atoms with Crippen LogP contribution in [0.15, 0.2) is 109 Å². The van der Waals surface area contributed by atoms with Crippen molar-refractivity contribution in [3.63, 3.8) is 0 Å². The Balaban J connectivity index is 4.08. The second-order valence-corrected chi connectivity index (χ2v) is 21.3. The first-order valence-corrected chi connectivity index (χ1v) is 32.4. The molecule has 0 aromatic heterocycles. The van der Waals surface area contributed by atoms with E-state index in [9.17, 15) is 14.4 Å². The number of rotatable bonds is 58. The minimum atomic E-state index is -0.787. The number of carbonyl (C=O) groups is 3. The fourth-order valence-electron chi connectivity index (χ4n) is 8.88. The normalized spacial score (nSPS) is 12.8. The van der Waals surface area contributed by atoms with Crippen LogP contribution in [-0.2, 0) is 28.6 Å². The summed E-state index contributed by atoms with van der Waals surface area (Å²) in [4.78, 5) is 38.1. The molecule has 0 saturated heterocycles. The smallest absolute Gasteiger partial charge is 0.306 e. The Morgan fingerprint density at radius 2 is 0.532 bits per heavy atom. The maximum atomic E-state index is 12.8. The average molecular weight is 1070 g/mol. The lowest BCUT2D eigenvalue weighted by Gasteiger charge is -2.18. The molecule has 6 nitrogen and oxygen atoms in total. The van der Waals surface area contributed by atoms with Gasteiger partial charge in [0.15, 0.2) is 6.10 Å². The maximum Gasteiger partial charge on any atom is 0.306 e. The van der Waals surface area contributed by atoms with Gasteiger partial charge in [-0.2, -0.15) is 0 Å². The van der Waals surface area contributed by atoms with Gasteiger partial charge in [-0.1, -0.05) is 278 Å². The van der Waals surface area contributed by atoms with Crippen LogP contribution in [0.4, 0.5) is 0 Å². The summed E-state index contributed by atoms with van der Waals surface area (Å²) < 4.78 is 16.8. The highest BCUT2D eigenvalue weighted by Crippen LogP contribution is 2.16. The third-order valence-corrected chi connectivity index (χ3v) is 13.7. The molecule has 1 unspecified atom stereocenters. The Morgan fingerprint density at radius 1 is 0.273 bits per heavy atom. The molecule has 0 bridgehead atoms. The molecular formula is C71H120O6. The monoisotopic (exact) mass is 1070 g/mol. The summed E-state index contributed by atoms with van der Waals surface area (Å²) in [6, 6.07) is 0. The van der Waals surface area contributed by atoms with E-state index in [0.717, 1.165) is 135 Å². The predicted octanol–water partition coefficient (Wildman–Crippen LogP) is 22.2. The summed E-state index contributed by atoms with van der Waals surface area (Å²) in [6.45, 7) is 6.42. The molecule has 0 rings (SSSR count). The van der Waals surface area contributed by atoms with Gasteiger partial charge in [0.2, 0.25) is 0 Å². The van der Waals surface area contributed by atoms with Gasteiger partial charge in [0.05, 0.1) is 0 Å². The topological polar surface area (TPSA) is 78.9 Å². The van der Waals surface area contributed by atoms with Crippen molar-refractivity contribution in [3.05, 3.63) is 109 Å². The summed E-state index contributed by atoms with van der Waals surface area (Å²) in [5, 5.41) is 0. The summed E-state index contributed by atoms with van der Waals surface area (Å²) in [5.74, 6) is -0.904. The second-order valence-electron chi connectivity index (χ2n) is 21.3. The zero-order valence-corrected chi connectivity index (χ0v) is 50.4. The third kappa shape index (κ3) is 62.8. The fourth-order valence-corrected chi connectivity index (χ4v) is 8.88. The van der Waals surface area contributed by atoms with E-state index in [1.807, 2.05) is 0 Å². The summed E-state index contributed by atoms with van der Waals surface area (Å²) in [7, 11) is 0. The molecule has 0 heterocycles. The van der Waals surface area contributed by atoms with Gasteiger partial charge in [0.25, 0.3) is 0 Å². The number of esters is 3. The van der Waals surface area contributed by atoms with Gasteiger partial charge in [0.1, 0.15) is 13.2 Å². The van der Waals surface area contributed by atoms with Crippen LogP contribution in [0.1, 0.15) is 303 Å². The highest BCUT2D eigenvalue weighted by molar-refractivity contribution is 5.71. The van der Waals surface area contributed by atoms with Gasteiger partial charge in [-0.05, 0) is 116 Å². The number of allylic oxidation sites excluding steroid dienone is 18. The van der Waals surface area contributed by atoms with E-state index in [0.29, 0.717) is 19.3 Å². The third-order valence-electron chi connectivity index (χ3n) is 13.7. The van der Waals surface area contributed by atoms with E-state index in [4.69, 9.17) is 14.2 Å². The van der Waals surface area contributed by atoms with Crippen LogP contribution in [0, 0.1) is 0 Å². The van der Waals surface area contributed by atoms with E-state index in [2.05, 4.69) is 130 Å². The zero-order valence-electron chi connectivity index (χ0n) is 50.4. The minimum Gasteiger partial charge on any atom is -0.462 e. The van der Waals surface area contributed by atoms with Crippen molar-refractivity contribution in [2.45, 2.75) is 309 Å². The fraction of sp³-hybridized carbons (Fsp3) is 0.704. The first-order valence-electron chi connectivity index (χ1n) is 32.4. The van der Waals surface area contributed by atoms with Crippen LogP contribution in [-0.4, -0.2) is 37.2 Å². The minimum absolute atomic E-state index is 0.0844. The van der Waals surface area contributed by atoms with Crippen molar-refractivity contribution < 1.29 is 28.6 Å². The Labute approximate surface area is 476 Å². The molecule has 0 aromatic rings. The SMILES string of the molecule is CC/C=C\C/C=C\C/C=C\C/C=C\C/C=C\C/C=C\CCCCCCCCCCCCCCCCCCC(=O)OCC(COC(=O)CCCCCCC/C=C\CCC)OC(=O)CCCCCCC/C=C\C/C=C\CCCC. The molecule has 0 aromatic carbocycles. The van der Waals surface area contributed by atoms with Crippen LogP contribution in [0.25, 0.3) is 0 Å². The van der Waals surface area contributed by atoms with E-state index < -0.39 is 6.10 Å². The summed E-state index contributed by atoms with van der Waals surface area (Å²) >= 11 is 0. The molecule has 0 fully saturated rings. The zero-order chi connectivity index (χ0) is 55.7. The number of carbonyl (C=O) groups excluding carboxylic acids is 3. The van der Waals surface area contributed by atoms with E-state index in [-0.39, 0.29) is 31.1 Å². The van der Waals surface area contributed by atoms with E-state index in [1.54, 1.807) is 0 Å². The summed E-state index contributed by atoms with van der Waals surface area (Å²) in [5.41, 5.74) is 0. The molecule has 440 valence electrons. The van der Waals surface area contributed by atoms with Crippen LogP contribution in [0.2, 0.25) is 0 Å². The lowest BCUT2D eigenvalue weighted by atomic mass is 10.0. The van der Waals surface area contributed by atoms with Crippen molar-refractivity contribution in [2.75, 3.05) is 13.2 Å². The standard InChI is InChI=1S/C71H120O6/c1-4-7-10-13-16-19-22-24-26-27-28-29-30-31-32-33-34-35-36-37-38-39-40-41-42-43-44-45-46-48-49-52-55-58-61-64-70(73)76-67-68(66-75-69(72)63-60-57-54-51-21-18-15-12-9-6-3)77-71(74)65-62-59-56-53-50-47-25-23-20-17-14-11-8-5-2/h7,10,12,14-17,19,23-26,28-29,31-32,34-35,68H,4-6,8-9,11,13,18,20-22,27,30,33,36-67H2,1-3H3/b10-7-,15-12-,17-14-,19-16-,25-23-,26-24-,29-28-,32-31-,35-34-. The first-order chi connectivity index (χ1) is 38.0. The van der Waals surface area contributed by atoms with Gasteiger partial charge in [0, 0.05) is 19.3 Å². The molecule has 0 saturated carbocycles. The van der Waals surface area contributed by atoms with E-state index in [1.165, 1.54) is 128 Å². The van der Waals surface area contributed by atoms with Gasteiger partial charge < -0.3 is 14.2 Å². The van der Waals surface area contributed by atoms with E-state index >= 15 is 0 Å². The highest BCUT2D eigenvalue weighted by Gasteiger charge is 2.19. The molecular weight excluding hydrogens is 949 g/mol. The van der Waals surface area contributed by atoms with Crippen molar-refractivity contribution in [3.8, 4) is 0 Å². The van der Waals surface area contributed by atoms with Crippen molar-refractivity contribution in [1.29, 1.82) is 0 Å². The predicted molar refractivity (Wildman–Crippen MR) is 334 cm³/mol. The number of hydrogen-bond acceptors (Lipinski definition) is 6. The van der Waals surface area contributed by atoms with Crippen LogP contribution >= 0.6 is 0 Å². The molecule has 0 radical (unpaired) electrons. The van der Waals surface area contributed by atoms with Crippen LogP contribution in [0.3, 0.4) is 0 Å². The largest absolute Gasteiger partial charge is 0.462 e. The summed E-state index contributed by atoms with van der Waals surface area (Å²) in [6.07, 6.45) is 88.4. The van der Waals surface area contributed by atoms with Crippen molar-refractivity contribution in [1.82, 2.24) is 0 Å². The van der Waals surface area contributed by atoms with Gasteiger partial charge in [-0.3, -0.25) is 14.4 Å². The van der Waals surface area contributed by atoms with Crippen molar-refractivity contribution >= 4 is 17.9 Å². The Morgan fingerprint density at radius 3 is 0.857 bits per heavy atom. The van der Waals surface area contributed by atoms with Gasteiger partial charge >= 0.3 is 17.9 Å². The van der Waals surface area contributed by atoms with Gasteiger partial charge in [-0.25, -0.2) is 0 Å². The molecule has 0 N–H and O–H groups in total. The first kappa shape index (κ1) is 73.1. The molecule has 0 spiro atoms. The number of unbranched alkanes of at least 4 members (excludes halogenated alkanes) is 29. The molecule has 6 heteroatoms. The molecule has 1 atom stereocenters.